The van der Waals surface area contributed by atoms with Crippen molar-refractivity contribution in [3.8, 4) is 17.2 Å². The van der Waals surface area contributed by atoms with Gasteiger partial charge in [0.15, 0.2) is 11.5 Å². The summed E-state index contributed by atoms with van der Waals surface area (Å²) < 4.78 is 15.9. The number of carbonyl (C=O) groups excluding carboxylic acids is 2. The Labute approximate surface area is 145 Å². The van der Waals surface area contributed by atoms with E-state index in [1.807, 2.05) is 13.8 Å². The molecule has 0 saturated carbocycles. The van der Waals surface area contributed by atoms with Gasteiger partial charge in [0.25, 0.3) is 11.1 Å². The second-order valence-corrected chi connectivity index (χ2v) is 6.25. The molecular weight excluding hydrogens is 330 g/mol. The van der Waals surface area contributed by atoms with Crippen molar-refractivity contribution in [2.24, 2.45) is 0 Å². The summed E-state index contributed by atoms with van der Waals surface area (Å²) in [6.45, 7) is 3.80. The van der Waals surface area contributed by atoms with Crippen LogP contribution in [-0.4, -0.2) is 43.4 Å². The number of methoxy groups -OCH3 is 3. The monoisotopic (exact) mass is 351 g/mol. The highest BCUT2D eigenvalue weighted by Gasteiger charge is 2.37. The molecule has 0 bridgehead atoms. The van der Waals surface area contributed by atoms with E-state index in [9.17, 15) is 9.59 Å². The summed E-state index contributed by atoms with van der Waals surface area (Å²) in [7, 11) is 4.60. The van der Waals surface area contributed by atoms with Gasteiger partial charge in [-0.05, 0) is 37.2 Å². The van der Waals surface area contributed by atoms with E-state index >= 15 is 0 Å². The van der Waals surface area contributed by atoms with Gasteiger partial charge in [0.1, 0.15) is 5.75 Å². The maximum Gasteiger partial charge on any atom is 0.293 e. The van der Waals surface area contributed by atoms with Crippen LogP contribution in [-0.2, 0) is 4.79 Å². The molecule has 0 aliphatic carbocycles. The lowest BCUT2D eigenvalue weighted by atomic mass is 10.1. The van der Waals surface area contributed by atoms with Crippen molar-refractivity contribution in [1.82, 2.24) is 4.90 Å². The van der Waals surface area contributed by atoms with E-state index in [1.165, 1.54) is 26.2 Å². The van der Waals surface area contributed by atoms with Gasteiger partial charge in [0.2, 0.25) is 0 Å². The van der Waals surface area contributed by atoms with Crippen molar-refractivity contribution in [3.63, 3.8) is 0 Å². The first-order chi connectivity index (χ1) is 11.5. The third-order valence-electron chi connectivity index (χ3n) is 3.88. The number of hydrogen-bond donors (Lipinski definition) is 0. The van der Waals surface area contributed by atoms with Crippen LogP contribution in [0.3, 0.4) is 0 Å². The van der Waals surface area contributed by atoms with Crippen LogP contribution in [0.4, 0.5) is 4.79 Å². The molecule has 1 atom stereocenters. The summed E-state index contributed by atoms with van der Waals surface area (Å²) in [5.74, 6) is 1.30. The van der Waals surface area contributed by atoms with E-state index in [2.05, 4.69) is 0 Å². The molecule has 1 saturated heterocycles. The Balaban J connectivity index is 2.44. The third kappa shape index (κ3) is 3.36. The molecule has 1 heterocycles. The van der Waals surface area contributed by atoms with Crippen LogP contribution in [0.5, 0.6) is 17.2 Å². The van der Waals surface area contributed by atoms with E-state index in [0.29, 0.717) is 34.1 Å². The zero-order valence-electron chi connectivity index (χ0n) is 14.4. The number of nitrogens with zero attached hydrogens (tertiary/aromatic N) is 1. The minimum absolute atomic E-state index is 0.129. The van der Waals surface area contributed by atoms with Crippen LogP contribution in [0.25, 0.3) is 6.08 Å². The predicted octanol–water partition coefficient (Wildman–Crippen LogP) is 3.55. The summed E-state index contributed by atoms with van der Waals surface area (Å²) in [5.41, 5.74) is 0.643. The Morgan fingerprint density at radius 2 is 1.67 bits per heavy atom. The van der Waals surface area contributed by atoms with Crippen molar-refractivity contribution < 1.29 is 23.8 Å². The lowest BCUT2D eigenvalue weighted by molar-refractivity contribution is -0.124. The molecule has 2 amide bonds. The first kappa shape index (κ1) is 18.2. The Morgan fingerprint density at radius 3 is 2.21 bits per heavy atom. The van der Waals surface area contributed by atoms with Crippen LogP contribution < -0.4 is 14.2 Å². The highest BCUT2D eigenvalue weighted by Crippen LogP contribution is 2.39. The predicted molar refractivity (Wildman–Crippen MR) is 93.7 cm³/mol. The summed E-state index contributed by atoms with van der Waals surface area (Å²) in [6, 6.07) is 3.27. The van der Waals surface area contributed by atoms with Crippen LogP contribution in [0.15, 0.2) is 17.0 Å². The average molecular weight is 351 g/mol. The van der Waals surface area contributed by atoms with Gasteiger partial charge in [-0.3, -0.25) is 14.5 Å². The van der Waals surface area contributed by atoms with Crippen molar-refractivity contribution in [3.05, 3.63) is 22.6 Å². The van der Waals surface area contributed by atoms with Crippen LogP contribution in [0.1, 0.15) is 25.8 Å². The molecule has 1 aromatic carbocycles. The quantitative estimate of drug-likeness (QED) is 0.730. The molecule has 0 radical (unpaired) electrons. The molecule has 130 valence electrons. The third-order valence-corrected chi connectivity index (χ3v) is 4.76. The number of thioether (sulfide) groups is 1. The minimum atomic E-state index is -0.281. The smallest absolute Gasteiger partial charge is 0.293 e. The van der Waals surface area contributed by atoms with Gasteiger partial charge in [0, 0.05) is 17.7 Å². The number of ether oxygens (including phenoxy) is 3. The number of carbonyl (C=O) groups is 2. The fourth-order valence-electron chi connectivity index (χ4n) is 2.35. The highest BCUT2D eigenvalue weighted by molar-refractivity contribution is 8.18. The molecule has 6 nitrogen and oxygen atoms in total. The molecule has 7 heteroatoms. The largest absolute Gasteiger partial charge is 0.496 e. The van der Waals surface area contributed by atoms with Crippen molar-refractivity contribution in [2.45, 2.75) is 26.3 Å². The Morgan fingerprint density at radius 1 is 1.08 bits per heavy atom. The molecule has 24 heavy (non-hydrogen) atoms. The SMILES string of the molecule is CC[C@@H](C)N1C(=O)S/C(=C/c2cc(OC)c(OC)cc2OC)C1=O. The van der Waals surface area contributed by atoms with Crippen LogP contribution in [0, 0.1) is 0 Å². The van der Waals surface area contributed by atoms with E-state index in [-0.39, 0.29) is 17.2 Å². The normalized spacial score (nSPS) is 17.4. The van der Waals surface area contributed by atoms with Gasteiger partial charge < -0.3 is 14.2 Å². The molecule has 1 aliphatic rings. The molecule has 0 aromatic heterocycles. The standard InChI is InChI=1S/C17H21NO5S/c1-6-10(2)18-16(19)15(24-17(18)20)8-11-7-13(22-4)14(23-5)9-12(11)21-3/h7-10H,6H2,1-5H3/b15-8+/t10-/m1/s1. The van der Waals surface area contributed by atoms with E-state index in [0.717, 1.165) is 11.8 Å². The highest BCUT2D eigenvalue weighted by atomic mass is 32.2. The number of imide groups is 1. The number of amides is 2. The Bertz CT molecular complexity index is 686. The Kier molecular flexibility index (Phi) is 5.77. The van der Waals surface area contributed by atoms with Gasteiger partial charge in [-0.15, -0.1) is 0 Å². The Hall–Kier alpha value is -2.15. The van der Waals surface area contributed by atoms with Gasteiger partial charge in [-0.1, -0.05) is 6.92 Å². The summed E-state index contributed by atoms with van der Waals surface area (Å²) >= 11 is 0.934. The molecular formula is C17H21NO5S. The minimum Gasteiger partial charge on any atom is -0.496 e. The fourth-order valence-corrected chi connectivity index (χ4v) is 3.27. The first-order valence-electron chi connectivity index (χ1n) is 7.53. The van der Waals surface area contributed by atoms with Crippen LogP contribution in [0.2, 0.25) is 0 Å². The lowest BCUT2D eigenvalue weighted by Crippen LogP contribution is -2.36. The first-order valence-corrected chi connectivity index (χ1v) is 8.35. The fraction of sp³-hybridized carbons (Fsp3) is 0.412. The molecule has 1 aliphatic heterocycles. The van der Waals surface area contributed by atoms with Crippen molar-refractivity contribution in [2.75, 3.05) is 21.3 Å². The summed E-state index contributed by atoms with van der Waals surface area (Å²) in [4.78, 5) is 26.3. The second kappa shape index (κ2) is 7.61. The van der Waals surface area contributed by atoms with E-state index < -0.39 is 0 Å². The number of hydrogen-bond acceptors (Lipinski definition) is 6. The molecule has 0 unspecified atom stereocenters. The number of rotatable bonds is 6. The second-order valence-electron chi connectivity index (χ2n) is 5.26. The van der Waals surface area contributed by atoms with E-state index in [1.54, 1.807) is 18.2 Å². The zero-order valence-corrected chi connectivity index (χ0v) is 15.2. The number of benzene rings is 1. The molecule has 1 fully saturated rings. The molecule has 1 aromatic rings. The average Bonchev–Trinajstić information content (AvgIpc) is 2.87. The topological polar surface area (TPSA) is 65.1 Å². The molecule has 2 rings (SSSR count). The van der Waals surface area contributed by atoms with Gasteiger partial charge in [0.05, 0.1) is 26.2 Å². The van der Waals surface area contributed by atoms with Crippen LogP contribution >= 0.6 is 11.8 Å². The molecule has 0 spiro atoms. The van der Waals surface area contributed by atoms with Gasteiger partial charge in [-0.25, -0.2) is 0 Å². The summed E-state index contributed by atoms with van der Waals surface area (Å²) in [5, 5.41) is -0.250. The van der Waals surface area contributed by atoms with Gasteiger partial charge >= 0.3 is 0 Å². The van der Waals surface area contributed by atoms with Gasteiger partial charge in [-0.2, -0.15) is 0 Å². The van der Waals surface area contributed by atoms with E-state index in [4.69, 9.17) is 14.2 Å². The lowest BCUT2D eigenvalue weighted by Gasteiger charge is -2.19. The van der Waals surface area contributed by atoms with Crippen molar-refractivity contribution >= 4 is 29.0 Å². The maximum atomic E-state index is 12.5. The maximum absolute atomic E-state index is 12.5. The zero-order chi connectivity index (χ0) is 17.9. The van der Waals surface area contributed by atoms with Crippen molar-refractivity contribution in [1.29, 1.82) is 0 Å². The molecule has 0 N–H and O–H groups in total. The summed E-state index contributed by atoms with van der Waals surface area (Å²) in [6.07, 6.45) is 2.36.